The van der Waals surface area contributed by atoms with Crippen molar-refractivity contribution in [3.05, 3.63) is 75.6 Å². The summed E-state index contributed by atoms with van der Waals surface area (Å²) in [4.78, 5) is 43.3. The summed E-state index contributed by atoms with van der Waals surface area (Å²) < 4.78 is 4.92. The molecule has 1 heterocycles. The van der Waals surface area contributed by atoms with E-state index in [2.05, 4.69) is 15.3 Å². The number of aryl methyl sites for hydroxylation is 1. The van der Waals surface area contributed by atoms with Gasteiger partial charge in [-0.2, -0.15) is 5.26 Å². The largest absolute Gasteiger partial charge is 0.462 e. The number of ether oxygens (including phenoxy) is 1. The number of thioether (sulfide) groups is 1. The Morgan fingerprint density at radius 2 is 1.84 bits per heavy atom. The van der Waals surface area contributed by atoms with Crippen molar-refractivity contribution in [2.75, 3.05) is 17.7 Å². The molecule has 3 rings (SSSR count). The Morgan fingerprint density at radius 1 is 1.16 bits per heavy atom. The molecule has 0 unspecified atom stereocenters. The summed E-state index contributed by atoms with van der Waals surface area (Å²) in [7, 11) is 0. The van der Waals surface area contributed by atoms with Gasteiger partial charge in [-0.1, -0.05) is 41.6 Å². The van der Waals surface area contributed by atoms with E-state index in [4.69, 9.17) is 4.74 Å². The van der Waals surface area contributed by atoms with Crippen LogP contribution in [0.3, 0.4) is 0 Å². The van der Waals surface area contributed by atoms with Crippen LogP contribution in [0.5, 0.6) is 0 Å². The van der Waals surface area contributed by atoms with Crippen LogP contribution in [0.1, 0.15) is 28.4 Å². The predicted molar refractivity (Wildman–Crippen MR) is 121 cm³/mol. The standard InChI is InChI=1S/C23H20N4O4S/c1-3-31-22(30)16-8-10-17(11-9-16)25-19(28)13-32-23-26-20(18(12-24)21(29)27-23)15-6-4-14(2)5-7-15/h4-11H,3,13H2,1-2H3,(H,25,28)(H,26,27,29). The number of nitrogens with zero attached hydrogens (tertiary/aromatic N) is 2. The minimum Gasteiger partial charge on any atom is -0.462 e. The lowest BCUT2D eigenvalue weighted by molar-refractivity contribution is -0.113. The van der Waals surface area contributed by atoms with E-state index >= 15 is 0 Å². The molecule has 9 heteroatoms. The zero-order valence-corrected chi connectivity index (χ0v) is 18.3. The van der Waals surface area contributed by atoms with E-state index in [1.807, 2.05) is 25.1 Å². The van der Waals surface area contributed by atoms with Gasteiger partial charge in [0.2, 0.25) is 5.91 Å². The summed E-state index contributed by atoms with van der Waals surface area (Å²) in [6.07, 6.45) is 0. The van der Waals surface area contributed by atoms with Crippen LogP contribution in [0.4, 0.5) is 5.69 Å². The molecule has 1 aromatic heterocycles. The van der Waals surface area contributed by atoms with E-state index in [0.29, 0.717) is 16.8 Å². The summed E-state index contributed by atoms with van der Waals surface area (Å²) in [6.45, 7) is 3.94. The third-order valence-corrected chi connectivity index (χ3v) is 5.23. The van der Waals surface area contributed by atoms with Gasteiger partial charge < -0.3 is 15.0 Å². The van der Waals surface area contributed by atoms with Gasteiger partial charge in [-0.25, -0.2) is 9.78 Å². The lowest BCUT2D eigenvalue weighted by Gasteiger charge is -2.08. The Kier molecular flexibility index (Phi) is 7.41. The summed E-state index contributed by atoms with van der Waals surface area (Å²) in [6, 6.07) is 15.5. The van der Waals surface area contributed by atoms with E-state index in [-0.39, 0.29) is 34.7 Å². The molecule has 0 radical (unpaired) electrons. The van der Waals surface area contributed by atoms with Crippen molar-refractivity contribution in [1.29, 1.82) is 5.26 Å². The number of aromatic amines is 1. The van der Waals surface area contributed by atoms with Gasteiger partial charge in [0.15, 0.2) is 5.16 Å². The van der Waals surface area contributed by atoms with E-state index in [1.54, 1.807) is 43.3 Å². The SMILES string of the molecule is CCOC(=O)c1ccc(NC(=O)CSc2nc(-c3ccc(C)cc3)c(C#N)c(=O)[nH]2)cc1. The number of nitriles is 1. The van der Waals surface area contributed by atoms with Crippen LogP contribution in [-0.2, 0) is 9.53 Å². The van der Waals surface area contributed by atoms with E-state index in [0.717, 1.165) is 17.3 Å². The number of aromatic nitrogens is 2. The molecule has 0 aliphatic heterocycles. The fraction of sp³-hybridized carbons (Fsp3) is 0.174. The Balaban J connectivity index is 1.69. The molecule has 32 heavy (non-hydrogen) atoms. The molecular weight excluding hydrogens is 428 g/mol. The Labute approximate surface area is 188 Å². The molecule has 0 fully saturated rings. The number of anilines is 1. The number of carbonyl (C=O) groups excluding carboxylic acids is 2. The molecule has 0 aliphatic carbocycles. The van der Waals surface area contributed by atoms with Gasteiger partial charge in [0.1, 0.15) is 11.6 Å². The molecule has 2 N–H and O–H groups in total. The molecule has 0 atom stereocenters. The third kappa shape index (κ3) is 5.62. The Morgan fingerprint density at radius 3 is 2.47 bits per heavy atom. The van der Waals surface area contributed by atoms with Gasteiger partial charge in [-0.3, -0.25) is 9.59 Å². The zero-order valence-electron chi connectivity index (χ0n) is 17.5. The Hall–Kier alpha value is -3.90. The van der Waals surface area contributed by atoms with Gasteiger partial charge >= 0.3 is 5.97 Å². The molecule has 3 aromatic rings. The maximum atomic E-state index is 12.3. The van der Waals surface area contributed by atoms with Crippen molar-refractivity contribution in [2.45, 2.75) is 19.0 Å². The first-order valence-corrected chi connectivity index (χ1v) is 10.7. The summed E-state index contributed by atoms with van der Waals surface area (Å²) in [5.74, 6) is -0.758. The number of nitrogens with one attached hydrogen (secondary N) is 2. The van der Waals surface area contributed by atoms with Gasteiger partial charge in [-0.05, 0) is 38.1 Å². The number of H-pyrrole nitrogens is 1. The van der Waals surface area contributed by atoms with Crippen LogP contribution in [0.2, 0.25) is 0 Å². The molecule has 0 saturated heterocycles. The van der Waals surface area contributed by atoms with Crippen LogP contribution < -0.4 is 10.9 Å². The van der Waals surface area contributed by atoms with Gasteiger partial charge in [0.05, 0.1) is 23.6 Å². The van der Waals surface area contributed by atoms with Gasteiger partial charge in [0.25, 0.3) is 5.56 Å². The first-order valence-electron chi connectivity index (χ1n) is 9.72. The molecule has 0 saturated carbocycles. The maximum absolute atomic E-state index is 12.3. The minimum absolute atomic E-state index is 0.0121. The number of amides is 1. The highest BCUT2D eigenvalue weighted by molar-refractivity contribution is 7.99. The first kappa shape index (κ1) is 22.8. The van der Waals surface area contributed by atoms with Crippen molar-refractivity contribution < 1.29 is 14.3 Å². The number of benzene rings is 2. The van der Waals surface area contributed by atoms with Crippen LogP contribution in [0.25, 0.3) is 11.3 Å². The monoisotopic (exact) mass is 448 g/mol. The van der Waals surface area contributed by atoms with Crippen molar-refractivity contribution in [3.8, 4) is 17.3 Å². The van der Waals surface area contributed by atoms with Crippen LogP contribution in [0, 0.1) is 18.3 Å². The second-order valence-electron chi connectivity index (χ2n) is 6.71. The minimum atomic E-state index is -0.560. The van der Waals surface area contributed by atoms with E-state index in [9.17, 15) is 19.6 Å². The van der Waals surface area contributed by atoms with Crippen LogP contribution >= 0.6 is 11.8 Å². The van der Waals surface area contributed by atoms with Crippen LogP contribution in [0.15, 0.2) is 58.5 Å². The van der Waals surface area contributed by atoms with Gasteiger partial charge in [-0.15, -0.1) is 0 Å². The normalized spacial score (nSPS) is 10.3. The lowest BCUT2D eigenvalue weighted by Crippen LogP contribution is -2.17. The number of rotatable bonds is 7. The van der Waals surface area contributed by atoms with Crippen molar-refractivity contribution in [2.24, 2.45) is 0 Å². The van der Waals surface area contributed by atoms with Crippen LogP contribution in [-0.4, -0.2) is 34.2 Å². The molecule has 8 nitrogen and oxygen atoms in total. The number of esters is 1. The predicted octanol–water partition coefficient (Wildman–Crippen LogP) is 3.52. The van der Waals surface area contributed by atoms with Crippen molar-refractivity contribution in [3.63, 3.8) is 0 Å². The fourth-order valence-corrected chi connectivity index (χ4v) is 3.44. The molecule has 0 bridgehead atoms. The van der Waals surface area contributed by atoms with E-state index in [1.165, 1.54) is 0 Å². The molecule has 1 amide bonds. The third-order valence-electron chi connectivity index (χ3n) is 4.35. The molecule has 0 aliphatic rings. The summed E-state index contributed by atoms with van der Waals surface area (Å²) >= 11 is 1.05. The van der Waals surface area contributed by atoms with E-state index < -0.39 is 11.5 Å². The highest BCUT2D eigenvalue weighted by Gasteiger charge is 2.15. The fourth-order valence-electron chi connectivity index (χ4n) is 2.78. The number of hydrogen-bond acceptors (Lipinski definition) is 7. The Bertz CT molecular complexity index is 1230. The number of hydrogen-bond donors (Lipinski definition) is 2. The van der Waals surface area contributed by atoms with Crippen molar-refractivity contribution >= 4 is 29.3 Å². The zero-order chi connectivity index (χ0) is 23.1. The second-order valence-corrected chi connectivity index (χ2v) is 7.67. The highest BCUT2D eigenvalue weighted by Crippen LogP contribution is 2.22. The maximum Gasteiger partial charge on any atom is 0.338 e. The second kappa shape index (κ2) is 10.4. The lowest BCUT2D eigenvalue weighted by atomic mass is 10.1. The highest BCUT2D eigenvalue weighted by atomic mass is 32.2. The smallest absolute Gasteiger partial charge is 0.338 e. The molecular formula is C23H20N4O4S. The first-order chi connectivity index (χ1) is 15.4. The quantitative estimate of drug-likeness (QED) is 0.322. The average molecular weight is 449 g/mol. The topological polar surface area (TPSA) is 125 Å². The molecule has 0 spiro atoms. The number of carbonyl (C=O) groups is 2. The van der Waals surface area contributed by atoms with Crippen molar-refractivity contribution in [1.82, 2.24) is 9.97 Å². The van der Waals surface area contributed by atoms with Gasteiger partial charge in [0, 0.05) is 11.3 Å². The average Bonchev–Trinajstić information content (AvgIpc) is 2.78. The summed E-state index contributed by atoms with van der Waals surface area (Å²) in [5.41, 5.74) is 2.23. The molecule has 2 aromatic carbocycles. The summed E-state index contributed by atoms with van der Waals surface area (Å²) in [5, 5.41) is 12.3. The molecule has 162 valence electrons.